The van der Waals surface area contributed by atoms with Gasteiger partial charge in [-0.15, -0.1) is 0 Å². The van der Waals surface area contributed by atoms with E-state index in [0.717, 1.165) is 125 Å². The van der Waals surface area contributed by atoms with Crippen molar-refractivity contribution in [3.63, 3.8) is 0 Å². The first kappa shape index (κ1) is 60.5. The predicted molar refractivity (Wildman–Crippen MR) is 287 cm³/mol. The molecule has 73 heavy (non-hydrogen) atoms. The Labute approximate surface area is 461 Å². The Balaban J connectivity index is 0.000000264. The van der Waals surface area contributed by atoms with Crippen LogP contribution in [0, 0.1) is 45.3 Å². The zero-order chi connectivity index (χ0) is 52.1. The van der Waals surface area contributed by atoms with Crippen LogP contribution in [-0.4, -0.2) is 73.0 Å². The van der Waals surface area contributed by atoms with E-state index >= 15 is 0 Å². The van der Waals surface area contributed by atoms with Gasteiger partial charge >= 0.3 is 41.5 Å². The van der Waals surface area contributed by atoms with Crippen LogP contribution in [0.5, 0.6) is 0 Å². The maximum absolute atomic E-state index is 14.1. The summed E-state index contributed by atoms with van der Waals surface area (Å²) < 4.78 is 5.40. The van der Waals surface area contributed by atoms with Crippen molar-refractivity contribution < 1.29 is 64.1 Å². The van der Waals surface area contributed by atoms with Crippen LogP contribution in [0.15, 0.2) is 58.5 Å². The first-order chi connectivity index (χ1) is 33.0. The third-order valence-corrected chi connectivity index (χ3v) is 16.8. The van der Waals surface area contributed by atoms with Gasteiger partial charge in [0.1, 0.15) is 22.7 Å². The van der Waals surface area contributed by atoms with Crippen LogP contribution in [0.2, 0.25) is 0 Å². The van der Waals surface area contributed by atoms with Gasteiger partial charge in [-0.05, 0) is 185 Å². The Bertz CT molecular complexity index is 2300. The molecular formula is C61H91N4NaO7. The van der Waals surface area contributed by atoms with E-state index in [1.54, 1.807) is 12.1 Å². The summed E-state index contributed by atoms with van der Waals surface area (Å²) in [5.41, 5.74) is 4.49. The van der Waals surface area contributed by atoms with Gasteiger partial charge in [-0.1, -0.05) is 107 Å². The zero-order valence-corrected chi connectivity index (χ0v) is 49.7. The number of carboxylic acids is 1. The molecule has 8 rings (SSSR count). The van der Waals surface area contributed by atoms with Gasteiger partial charge in [0.15, 0.2) is 0 Å². The third-order valence-electron chi connectivity index (χ3n) is 16.8. The second-order valence-corrected chi connectivity index (χ2v) is 27.4. The summed E-state index contributed by atoms with van der Waals surface area (Å²) >= 11 is 0. The molecule has 2 aromatic carbocycles. The SMILES string of the molecule is CC(C)(C)CC[C@H](c1ccc(C(=O)O)cc1)N1C(=O)C(C2CC2)=NC12CCC(C(C)(C)C)CC2.CC(C)OC(=O)c1ccc([C@@H](CCC(C)(C)C)N2C(=O)C(C3CC3)=NC23CCC(C(C)(C)C)CC3)cc1.[Na+].[OH-]. The Morgan fingerprint density at radius 1 is 0.589 bits per heavy atom. The molecule has 2 aromatic rings. The molecule has 0 saturated heterocycles. The molecule has 2 amide bonds. The number of carbonyl (C=O) groups excluding carboxylic acids is 3. The van der Waals surface area contributed by atoms with E-state index in [1.807, 2.05) is 50.2 Å². The maximum Gasteiger partial charge on any atom is 1.00 e. The molecule has 12 heteroatoms. The summed E-state index contributed by atoms with van der Waals surface area (Å²) in [5.74, 6) is 0.996. The van der Waals surface area contributed by atoms with Gasteiger partial charge in [-0.3, -0.25) is 19.6 Å². The minimum Gasteiger partial charge on any atom is -0.870 e. The van der Waals surface area contributed by atoms with E-state index in [-0.39, 0.29) is 98.2 Å². The van der Waals surface area contributed by atoms with Crippen molar-refractivity contribution in [1.29, 1.82) is 0 Å². The summed E-state index contributed by atoms with van der Waals surface area (Å²) in [4.78, 5) is 66.9. The van der Waals surface area contributed by atoms with Gasteiger partial charge in [0, 0.05) is 11.8 Å². The predicted octanol–water partition coefficient (Wildman–Crippen LogP) is 11.5. The Morgan fingerprint density at radius 2 is 0.918 bits per heavy atom. The largest absolute Gasteiger partial charge is 1.00 e. The summed E-state index contributed by atoms with van der Waals surface area (Å²) in [6.07, 6.45) is 15.9. The van der Waals surface area contributed by atoms with Gasteiger partial charge in [-0.2, -0.15) is 0 Å². The molecule has 2 N–H and O–H groups in total. The first-order valence-corrected chi connectivity index (χ1v) is 27.5. The number of ether oxygens (including phenoxy) is 1. The number of amides is 2. The Hall–Kier alpha value is -3.38. The molecule has 11 nitrogen and oxygen atoms in total. The average Bonchev–Trinajstić information content (AvgIpc) is 4.23. The van der Waals surface area contributed by atoms with Crippen molar-refractivity contribution in [3.8, 4) is 0 Å². The molecule has 2 spiro atoms. The maximum atomic E-state index is 14.1. The Kier molecular flexibility index (Phi) is 19.1. The van der Waals surface area contributed by atoms with Gasteiger partial charge in [0.25, 0.3) is 11.8 Å². The van der Waals surface area contributed by atoms with Crippen LogP contribution in [0.3, 0.4) is 0 Å². The minimum atomic E-state index is -0.925. The standard InChI is InChI=1S/C32H48N2O3.C29H42N2O3.Na.H2O/c1-21(2)37-29(36)24-13-9-22(10-14-24)26(17-18-30(3,4)5)34-28(35)27(23-11-12-23)33-32(34)19-15-25(16-20-32)31(6,7)8;1-27(2,3)16-15-23(19-7-11-21(12-8-19)26(33)34)31-25(32)24(20-9-10-20)30-29(31)17-13-22(14-18-29)28(4,5)6;;/h9-10,13-14,21,23,25-26H,11-12,15-20H2,1-8H3;7-8,11-12,20,22-23H,9-10,13-18H2,1-6H3,(H,33,34);;1H2/q;;+1;/p-1/t25?,26-,32?;22?,23-,29?;;/m11../s1. The van der Waals surface area contributed by atoms with Crippen LogP contribution >= 0.6 is 0 Å². The number of carbonyl (C=O) groups is 4. The number of carboxylic acid groups (broad SMARTS) is 1. The van der Waals surface area contributed by atoms with E-state index in [2.05, 4.69) is 92.9 Å². The Morgan fingerprint density at radius 3 is 1.19 bits per heavy atom. The zero-order valence-electron chi connectivity index (χ0n) is 47.7. The molecule has 4 saturated carbocycles. The fourth-order valence-corrected chi connectivity index (χ4v) is 12.0. The topological polar surface area (TPSA) is 159 Å². The molecule has 2 atom stereocenters. The van der Waals surface area contributed by atoms with Crippen LogP contribution in [0.25, 0.3) is 0 Å². The van der Waals surface area contributed by atoms with Crippen LogP contribution in [0.1, 0.15) is 244 Å². The molecule has 0 radical (unpaired) electrons. The molecule has 0 bridgehead atoms. The van der Waals surface area contributed by atoms with Crippen molar-refractivity contribution in [3.05, 3.63) is 70.8 Å². The molecule has 2 aliphatic heterocycles. The first-order valence-electron chi connectivity index (χ1n) is 27.5. The van der Waals surface area contributed by atoms with Crippen LogP contribution in [-0.2, 0) is 14.3 Å². The number of rotatable bonds is 13. The summed E-state index contributed by atoms with van der Waals surface area (Å²) in [5, 5.41) is 9.39. The number of aliphatic imine (C=N–C) groups is 2. The van der Waals surface area contributed by atoms with Gasteiger partial charge in [0.05, 0.1) is 29.3 Å². The number of nitrogens with zero attached hydrogens (tertiary/aromatic N) is 4. The monoisotopic (exact) mass is 1010 g/mol. The quantitative estimate of drug-likeness (QED) is 0.154. The van der Waals surface area contributed by atoms with Gasteiger partial charge in [-0.25, -0.2) is 9.59 Å². The number of benzene rings is 2. The van der Waals surface area contributed by atoms with E-state index in [0.29, 0.717) is 29.2 Å². The second-order valence-electron chi connectivity index (χ2n) is 27.4. The molecular weight excluding hydrogens is 924 g/mol. The minimum absolute atomic E-state index is 0. The van der Waals surface area contributed by atoms with E-state index in [1.165, 1.54) is 0 Å². The molecule has 4 fully saturated rings. The number of hydrogen-bond acceptors (Lipinski definition) is 8. The van der Waals surface area contributed by atoms with Crippen molar-refractivity contribution in [2.75, 3.05) is 0 Å². The summed E-state index contributed by atoms with van der Waals surface area (Å²) in [6.45, 7) is 31.2. The number of aromatic carboxylic acids is 1. The molecule has 2 heterocycles. The van der Waals surface area contributed by atoms with Crippen molar-refractivity contribution >= 4 is 35.2 Å². The molecule has 0 unspecified atom stereocenters. The number of hydrogen-bond donors (Lipinski definition) is 1. The smallest absolute Gasteiger partial charge is 0.870 e. The normalized spacial score (nSPS) is 25.4. The average molecular weight is 1020 g/mol. The van der Waals surface area contributed by atoms with Crippen LogP contribution < -0.4 is 29.6 Å². The third kappa shape index (κ3) is 14.6. The van der Waals surface area contributed by atoms with E-state index in [4.69, 9.17) is 14.7 Å². The van der Waals surface area contributed by atoms with Crippen LogP contribution in [0.4, 0.5) is 0 Å². The van der Waals surface area contributed by atoms with E-state index < -0.39 is 17.3 Å². The molecule has 0 aromatic heterocycles. The fourth-order valence-electron chi connectivity index (χ4n) is 12.0. The fraction of sp³-hybridized carbons (Fsp3) is 0.705. The molecule has 4 aliphatic carbocycles. The molecule has 6 aliphatic rings. The number of esters is 1. The van der Waals surface area contributed by atoms with Crippen molar-refractivity contribution in [2.45, 2.75) is 229 Å². The van der Waals surface area contributed by atoms with Gasteiger partial charge < -0.3 is 25.1 Å². The summed E-state index contributed by atoms with van der Waals surface area (Å²) in [6, 6.07) is 14.8. The summed E-state index contributed by atoms with van der Waals surface area (Å²) in [7, 11) is 0. The van der Waals surface area contributed by atoms with Crippen molar-refractivity contribution in [2.24, 2.45) is 55.3 Å². The van der Waals surface area contributed by atoms with Gasteiger partial charge in [0.2, 0.25) is 0 Å². The molecule has 398 valence electrons. The second kappa shape index (κ2) is 23.1. The van der Waals surface area contributed by atoms with Crippen molar-refractivity contribution in [1.82, 2.24) is 9.80 Å². The van der Waals surface area contributed by atoms with E-state index in [9.17, 15) is 24.3 Å².